The molecule has 0 spiro atoms. The number of aliphatic imine (C=N–C) groups is 3. The summed E-state index contributed by atoms with van der Waals surface area (Å²) in [5.74, 6) is -6.46. The first-order chi connectivity index (χ1) is 34.2. The number of nitrogens with zero attached hydrogens (tertiary/aromatic N) is 6. The minimum atomic E-state index is -2.91. The van der Waals surface area contributed by atoms with Gasteiger partial charge in [-0.05, 0) is 93.2 Å². The molecule has 1 aliphatic heterocycles. The molecular formula is C43H63BF2N10O14S2. The molecule has 29 heteroatoms. The third kappa shape index (κ3) is 26.2. The van der Waals surface area contributed by atoms with Crippen LogP contribution in [0.1, 0.15) is 75.6 Å². The number of hydrogen-bond donors (Lipinski definition) is 10. The molecule has 398 valence electrons. The number of nitrogens with two attached hydrogens (primary N) is 2. The van der Waals surface area contributed by atoms with Crippen LogP contribution in [-0.4, -0.2) is 198 Å². The second-order valence-corrected chi connectivity index (χ2v) is 18.3. The molecule has 0 aromatic carbocycles. The van der Waals surface area contributed by atoms with Crippen molar-refractivity contribution in [3.8, 4) is 0 Å². The quantitative estimate of drug-likeness (QED) is 0.0191. The lowest BCUT2D eigenvalue weighted by atomic mass is 10.1. The molecule has 2 rings (SSSR count). The maximum absolute atomic E-state index is 14.2. The summed E-state index contributed by atoms with van der Waals surface area (Å²) in [6.07, 6.45) is 8.52. The zero-order valence-corrected chi connectivity index (χ0v) is 41.2. The van der Waals surface area contributed by atoms with Crippen molar-refractivity contribution in [2.45, 2.75) is 82.8 Å². The smallest absolute Gasteiger partial charge is 0.480 e. The Morgan fingerprint density at radius 3 is 1.53 bits per heavy atom. The van der Waals surface area contributed by atoms with Gasteiger partial charge in [-0.15, -0.1) is 0 Å². The average Bonchev–Trinajstić information content (AvgIpc) is 3.92. The third-order valence-corrected chi connectivity index (χ3v) is 12.4. The number of aromatic nitrogens is 1. The topological polar surface area (TPSA) is 383 Å². The van der Waals surface area contributed by atoms with Crippen molar-refractivity contribution in [2.75, 3.05) is 68.8 Å². The maximum Gasteiger partial charge on any atom is 0.677 e. The fourth-order valence-corrected chi connectivity index (χ4v) is 8.52. The van der Waals surface area contributed by atoms with E-state index in [-0.39, 0.29) is 67.2 Å². The molecule has 12 N–H and O–H groups in total. The van der Waals surface area contributed by atoms with Gasteiger partial charge in [-0.3, -0.25) is 71.8 Å². The first-order valence-corrected chi connectivity index (χ1v) is 25.0. The van der Waals surface area contributed by atoms with Crippen LogP contribution >= 0.6 is 23.5 Å². The predicted octanol–water partition coefficient (Wildman–Crippen LogP) is 1.27. The Labute approximate surface area is 422 Å². The summed E-state index contributed by atoms with van der Waals surface area (Å²) in [6, 6.07) is 0.404. The third-order valence-electron chi connectivity index (χ3n) is 10.3. The zero-order chi connectivity index (χ0) is 53.6. The van der Waals surface area contributed by atoms with E-state index in [0.717, 1.165) is 14.3 Å². The molecule has 2 amide bonds. The Kier molecular flexibility index (Phi) is 29.3. The summed E-state index contributed by atoms with van der Waals surface area (Å²) in [6.45, 7) is -2.35. The number of carboxylic acids is 6. The van der Waals surface area contributed by atoms with Crippen molar-refractivity contribution < 1.29 is 77.6 Å². The van der Waals surface area contributed by atoms with Crippen LogP contribution in [0.3, 0.4) is 0 Å². The summed E-state index contributed by atoms with van der Waals surface area (Å²) in [5.41, 5.74) is 13.2. The van der Waals surface area contributed by atoms with Crippen LogP contribution in [0.2, 0.25) is 0 Å². The van der Waals surface area contributed by atoms with E-state index in [0.29, 0.717) is 92.5 Å². The van der Waals surface area contributed by atoms with Gasteiger partial charge in [0.15, 0.2) is 0 Å². The van der Waals surface area contributed by atoms with Gasteiger partial charge < -0.3 is 57.2 Å². The van der Waals surface area contributed by atoms with Crippen LogP contribution in [0.5, 0.6) is 0 Å². The molecule has 2 heterocycles. The molecule has 72 heavy (non-hydrogen) atoms. The Balaban J connectivity index is 1.68. The number of carbonyl (C=O) groups excluding carboxylic acids is 2. The van der Waals surface area contributed by atoms with E-state index >= 15 is 0 Å². The zero-order valence-electron chi connectivity index (χ0n) is 39.5. The number of thioether (sulfide) groups is 2. The van der Waals surface area contributed by atoms with E-state index in [1.165, 1.54) is 41.7 Å². The number of nitrogens with one attached hydrogen (secondary N) is 2. The van der Waals surface area contributed by atoms with E-state index in [9.17, 15) is 57.2 Å². The summed E-state index contributed by atoms with van der Waals surface area (Å²) in [4.78, 5) is 107. The molecular weight excluding hydrogens is 993 g/mol. The van der Waals surface area contributed by atoms with Gasteiger partial charge in [0.25, 0.3) is 0 Å². The lowest BCUT2D eigenvalue weighted by Gasteiger charge is -2.25. The largest absolute Gasteiger partial charge is 0.677 e. The van der Waals surface area contributed by atoms with E-state index in [1.807, 2.05) is 0 Å². The highest BCUT2D eigenvalue weighted by atomic mass is 32.2. The van der Waals surface area contributed by atoms with Gasteiger partial charge >= 0.3 is 43.2 Å². The fourth-order valence-electron chi connectivity index (χ4n) is 6.96. The van der Waals surface area contributed by atoms with Gasteiger partial charge in [0.2, 0.25) is 11.8 Å². The van der Waals surface area contributed by atoms with Crippen LogP contribution in [0, 0.1) is 0 Å². The van der Waals surface area contributed by atoms with Crippen molar-refractivity contribution >= 4 is 102 Å². The lowest BCUT2D eigenvalue weighted by molar-refractivity contribution is -0.152. The van der Waals surface area contributed by atoms with E-state index in [2.05, 4.69) is 25.6 Å². The summed E-state index contributed by atoms with van der Waals surface area (Å²) < 4.78 is 29.2. The van der Waals surface area contributed by atoms with Crippen LogP contribution in [0.4, 0.5) is 8.63 Å². The Morgan fingerprint density at radius 2 is 1.11 bits per heavy atom. The molecule has 2 unspecified atom stereocenters. The summed E-state index contributed by atoms with van der Waals surface area (Å²) in [5, 5.41) is 60.5. The highest BCUT2D eigenvalue weighted by Crippen LogP contribution is 2.20. The second-order valence-electron chi connectivity index (χ2n) is 16.1. The number of unbranched alkanes of at least 4 members (excludes halogenated alkanes) is 2. The number of aliphatic carboxylic acids is 6. The van der Waals surface area contributed by atoms with Crippen LogP contribution < -0.4 is 22.1 Å². The number of carboxylic acid groups (broad SMARTS) is 6. The Hall–Kier alpha value is -6.33. The van der Waals surface area contributed by atoms with E-state index in [1.54, 1.807) is 12.2 Å². The number of amidine groups is 2. The number of halogens is 2. The Bertz CT molecular complexity index is 2150. The standard InChI is InChI=1S/C43H63BF2N10O14S2/c45-44(46)56-30(13-14-31(56)21-52-37(58)27-72-18-6-10-35(48)50-16-4-2-8-33(43(69)70)55(24-40(63)64)25-41(65)66)19-28-11-12-29(53-28)20-51-36(57)26-71-17-5-9-34(47)49-15-3-1-7-32(42(67)68)54(22-38(59)60)23-39(61)62/h11-14,19,32-33H,1-10,15-18,20-27H2,(H2,47,49)(H2,48,50)(H,51,57)(H,52,58)(H,59,60)(H,61,62)(H,63,64)(H,65,66)(H,67,68)(H,69,70)/b28-19-. The minimum absolute atomic E-state index is 0.0243. The van der Waals surface area contributed by atoms with Crippen molar-refractivity contribution in [3.63, 3.8) is 0 Å². The normalized spacial score (nSPS) is 14.1. The van der Waals surface area contributed by atoms with Gasteiger partial charge in [0.05, 0.1) is 73.9 Å². The highest BCUT2D eigenvalue weighted by molar-refractivity contribution is 8.00. The summed E-state index contributed by atoms with van der Waals surface area (Å²) in [7, 11) is -2.91. The minimum Gasteiger partial charge on any atom is -0.480 e. The maximum atomic E-state index is 14.2. The van der Waals surface area contributed by atoms with Crippen molar-refractivity contribution in [1.82, 2.24) is 24.9 Å². The lowest BCUT2D eigenvalue weighted by Crippen LogP contribution is -2.46. The molecule has 1 aromatic rings. The van der Waals surface area contributed by atoms with Gasteiger partial charge in [0, 0.05) is 37.3 Å². The van der Waals surface area contributed by atoms with Crippen molar-refractivity contribution in [2.24, 2.45) is 26.4 Å². The molecule has 1 aromatic heterocycles. The molecule has 0 fully saturated rings. The Morgan fingerprint density at radius 1 is 0.667 bits per heavy atom. The van der Waals surface area contributed by atoms with E-state index in [4.69, 9.17) is 31.9 Å². The first kappa shape index (κ1) is 61.8. The van der Waals surface area contributed by atoms with Crippen LogP contribution in [0.25, 0.3) is 6.08 Å². The number of allylic oxidation sites excluding steroid dienone is 1. The molecule has 0 aliphatic carbocycles. The molecule has 0 radical (unpaired) electrons. The molecule has 1 aliphatic rings. The number of rotatable bonds is 40. The van der Waals surface area contributed by atoms with Gasteiger partial charge in [0.1, 0.15) is 12.1 Å². The molecule has 24 nitrogen and oxygen atoms in total. The van der Waals surface area contributed by atoms with Gasteiger partial charge in [-0.2, -0.15) is 23.5 Å². The van der Waals surface area contributed by atoms with Crippen molar-refractivity contribution in [1.29, 1.82) is 0 Å². The molecule has 2 atom stereocenters. The first-order valence-electron chi connectivity index (χ1n) is 22.7. The highest BCUT2D eigenvalue weighted by Gasteiger charge is 2.30. The van der Waals surface area contributed by atoms with Crippen molar-refractivity contribution in [3.05, 3.63) is 41.4 Å². The SMILES string of the molecule is NC(CCCSCC(=O)NCC1=N/C(=C\c2ccc(CNC(=O)CSCCCC(N)=NCCCCC(C(=O)O)N(CC(=O)O)CC(=O)O)n2B(F)F)C=C1)=NCCCCC(C(=O)O)N(CC(=O)O)CC(=O)O. The molecule has 0 bridgehead atoms. The predicted molar refractivity (Wildman–Crippen MR) is 268 cm³/mol. The number of carbonyl (C=O) groups is 8. The number of amides is 2. The fraction of sp³-hybridized carbons (Fsp3) is 0.558. The molecule has 0 saturated carbocycles. The van der Waals surface area contributed by atoms with Gasteiger partial charge in [-0.1, -0.05) is 0 Å². The number of hydrogen-bond acceptors (Lipinski definition) is 15. The van der Waals surface area contributed by atoms with Gasteiger partial charge in [-0.25, -0.2) is 0 Å². The van der Waals surface area contributed by atoms with Crippen LogP contribution in [0.15, 0.2) is 45.0 Å². The monoisotopic (exact) mass is 1060 g/mol. The second kappa shape index (κ2) is 34.1. The molecule has 0 saturated heterocycles. The van der Waals surface area contributed by atoms with E-state index < -0.39 is 81.5 Å². The average molecular weight is 1060 g/mol. The van der Waals surface area contributed by atoms with Crippen LogP contribution in [-0.2, 0) is 44.9 Å². The summed E-state index contributed by atoms with van der Waals surface area (Å²) >= 11 is 2.71.